The number of carbonyl (C=O) groups excluding carboxylic acids is 1. The molecule has 0 aromatic heterocycles. The summed E-state index contributed by atoms with van der Waals surface area (Å²) >= 11 is 0. The molecule has 2 rings (SSSR count). The second-order valence-corrected chi connectivity index (χ2v) is 6.93. The zero-order valence-electron chi connectivity index (χ0n) is 15.2. The molecule has 1 aromatic carbocycles. The molecule has 1 saturated heterocycles. The van der Waals surface area contributed by atoms with Gasteiger partial charge in [-0.25, -0.2) is 4.79 Å². The third kappa shape index (κ3) is 6.50. The fourth-order valence-electron chi connectivity index (χ4n) is 3.54. The summed E-state index contributed by atoms with van der Waals surface area (Å²) in [5, 5.41) is 11.2. The molecular formula is C20H30N2O3. The number of Topliss-reactive ketones (excluding diaryl/α,β-unsaturated/α-hetero) is 1. The molecule has 1 amide bonds. The number of nitrogens with one attached hydrogen (secondary N) is 1. The van der Waals surface area contributed by atoms with Crippen LogP contribution in [0.4, 0.5) is 10.5 Å². The Morgan fingerprint density at radius 3 is 2.60 bits per heavy atom. The Kier molecular flexibility index (Phi) is 7.92. The molecule has 0 saturated carbocycles. The SMILES string of the molecule is CCCCC1CCN(CCCC(=O)c2ccccc2NC(=O)O)CC1. The summed E-state index contributed by atoms with van der Waals surface area (Å²) in [5.41, 5.74) is 0.833. The Bertz CT molecular complexity index is 566. The van der Waals surface area contributed by atoms with Crippen molar-refractivity contribution in [2.24, 2.45) is 5.92 Å². The van der Waals surface area contributed by atoms with Crippen LogP contribution in [0.1, 0.15) is 62.2 Å². The summed E-state index contributed by atoms with van der Waals surface area (Å²) in [7, 11) is 0. The van der Waals surface area contributed by atoms with E-state index in [4.69, 9.17) is 5.11 Å². The monoisotopic (exact) mass is 346 g/mol. The maximum absolute atomic E-state index is 12.4. The first kappa shape index (κ1) is 19.4. The molecule has 0 bridgehead atoms. The fraction of sp³-hybridized carbons (Fsp3) is 0.600. The lowest BCUT2D eigenvalue weighted by Crippen LogP contribution is -2.34. The van der Waals surface area contributed by atoms with E-state index in [1.54, 1.807) is 24.3 Å². The first-order valence-electron chi connectivity index (χ1n) is 9.44. The highest BCUT2D eigenvalue weighted by Gasteiger charge is 2.19. The smallest absolute Gasteiger partial charge is 0.409 e. The van der Waals surface area contributed by atoms with Gasteiger partial charge in [-0.15, -0.1) is 0 Å². The minimum Gasteiger partial charge on any atom is -0.465 e. The minimum atomic E-state index is -1.15. The Morgan fingerprint density at radius 2 is 1.92 bits per heavy atom. The number of likely N-dealkylation sites (tertiary alicyclic amines) is 1. The van der Waals surface area contributed by atoms with Gasteiger partial charge in [-0.1, -0.05) is 38.3 Å². The fourth-order valence-corrected chi connectivity index (χ4v) is 3.54. The number of carboxylic acid groups (broad SMARTS) is 1. The number of nitrogens with zero attached hydrogens (tertiary/aromatic N) is 1. The largest absolute Gasteiger partial charge is 0.465 e. The first-order valence-corrected chi connectivity index (χ1v) is 9.44. The number of para-hydroxylation sites is 1. The van der Waals surface area contributed by atoms with Gasteiger partial charge in [0.15, 0.2) is 5.78 Å². The topological polar surface area (TPSA) is 69.6 Å². The van der Waals surface area contributed by atoms with Crippen molar-refractivity contribution in [3.05, 3.63) is 29.8 Å². The molecule has 1 aromatic rings. The molecule has 1 aliphatic heterocycles. The molecule has 138 valence electrons. The molecule has 1 heterocycles. The van der Waals surface area contributed by atoms with Gasteiger partial charge < -0.3 is 10.0 Å². The van der Waals surface area contributed by atoms with Crippen LogP contribution in [-0.4, -0.2) is 41.5 Å². The molecule has 0 aliphatic carbocycles. The summed E-state index contributed by atoms with van der Waals surface area (Å²) in [6, 6.07) is 6.81. The van der Waals surface area contributed by atoms with Crippen molar-refractivity contribution in [1.29, 1.82) is 0 Å². The average Bonchev–Trinajstić information content (AvgIpc) is 2.61. The standard InChI is InChI=1S/C20H30N2O3/c1-2-3-7-16-11-14-22(15-12-16)13-6-10-19(23)17-8-4-5-9-18(17)21-20(24)25/h4-5,8-9,16,21H,2-3,6-7,10-15H2,1H3,(H,24,25). The summed E-state index contributed by atoms with van der Waals surface area (Å²) in [6.45, 7) is 5.47. The van der Waals surface area contributed by atoms with Gasteiger partial charge in [0, 0.05) is 12.0 Å². The Morgan fingerprint density at radius 1 is 1.20 bits per heavy atom. The van der Waals surface area contributed by atoms with Crippen LogP contribution in [0.3, 0.4) is 0 Å². The highest BCUT2D eigenvalue weighted by atomic mass is 16.4. The van der Waals surface area contributed by atoms with E-state index < -0.39 is 6.09 Å². The lowest BCUT2D eigenvalue weighted by Gasteiger charge is -2.31. The highest BCUT2D eigenvalue weighted by molar-refractivity contribution is 6.03. The van der Waals surface area contributed by atoms with E-state index in [0.29, 0.717) is 17.7 Å². The van der Waals surface area contributed by atoms with E-state index in [9.17, 15) is 9.59 Å². The summed E-state index contributed by atoms with van der Waals surface area (Å²) < 4.78 is 0. The van der Waals surface area contributed by atoms with Crippen LogP contribution in [0.5, 0.6) is 0 Å². The highest BCUT2D eigenvalue weighted by Crippen LogP contribution is 2.23. The van der Waals surface area contributed by atoms with Crippen molar-refractivity contribution in [2.75, 3.05) is 25.0 Å². The Labute approximate surface area is 150 Å². The number of hydrogen-bond donors (Lipinski definition) is 2. The summed E-state index contributed by atoms with van der Waals surface area (Å²) in [5.74, 6) is 0.883. The van der Waals surface area contributed by atoms with Crippen LogP contribution >= 0.6 is 0 Å². The minimum absolute atomic E-state index is 0.00202. The number of ketones is 1. The van der Waals surface area contributed by atoms with Gasteiger partial charge in [-0.2, -0.15) is 0 Å². The molecule has 25 heavy (non-hydrogen) atoms. The predicted molar refractivity (Wildman–Crippen MR) is 100 cm³/mol. The molecule has 1 aliphatic rings. The predicted octanol–water partition coefficient (Wildman–Crippen LogP) is 4.64. The zero-order chi connectivity index (χ0) is 18.1. The van der Waals surface area contributed by atoms with Crippen molar-refractivity contribution in [3.63, 3.8) is 0 Å². The van der Waals surface area contributed by atoms with Gasteiger partial charge in [-0.05, 0) is 56.9 Å². The van der Waals surface area contributed by atoms with Crippen molar-refractivity contribution in [1.82, 2.24) is 4.90 Å². The molecular weight excluding hydrogens is 316 g/mol. The maximum Gasteiger partial charge on any atom is 0.409 e. The molecule has 0 radical (unpaired) electrons. The quantitative estimate of drug-likeness (QED) is 0.639. The average molecular weight is 346 g/mol. The number of hydrogen-bond acceptors (Lipinski definition) is 3. The molecule has 0 spiro atoms. The van der Waals surface area contributed by atoms with Gasteiger partial charge in [0.05, 0.1) is 5.69 Å². The Hall–Kier alpha value is -1.88. The zero-order valence-corrected chi connectivity index (χ0v) is 15.2. The van der Waals surface area contributed by atoms with Crippen molar-refractivity contribution in [3.8, 4) is 0 Å². The molecule has 1 fully saturated rings. The van der Waals surface area contributed by atoms with Gasteiger partial charge >= 0.3 is 6.09 Å². The van der Waals surface area contributed by atoms with Crippen LogP contribution in [0.15, 0.2) is 24.3 Å². The number of benzene rings is 1. The van der Waals surface area contributed by atoms with E-state index in [1.807, 2.05) is 0 Å². The second-order valence-electron chi connectivity index (χ2n) is 6.93. The van der Waals surface area contributed by atoms with Crippen molar-refractivity contribution < 1.29 is 14.7 Å². The van der Waals surface area contributed by atoms with Crippen molar-refractivity contribution in [2.45, 2.75) is 51.9 Å². The third-order valence-corrected chi connectivity index (χ3v) is 5.02. The molecule has 0 unspecified atom stereocenters. The number of piperidine rings is 1. The third-order valence-electron chi connectivity index (χ3n) is 5.02. The van der Waals surface area contributed by atoms with Gasteiger partial charge in [0.1, 0.15) is 0 Å². The molecule has 5 heteroatoms. The van der Waals surface area contributed by atoms with Crippen LogP contribution < -0.4 is 5.32 Å². The van der Waals surface area contributed by atoms with Crippen molar-refractivity contribution >= 4 is 17.6 Å². The second kappa shape index (κ2) is 10.2. The number of anilines is 1. The summed E-state index contributed by atoms with van der Waals surface area (Å²) in [4.78, 5) is 25.7. The van der Waals surface area contributed by atoms with Gasteiger partial charge in [-0.3, -0.25) is 10.1 Å². The molecule has 5 nitrogen and oxygen atoms in total. The number of rotatable bonds is 9. The van der Waals surface area contributed by atoms with E-state index in [2.05, 4.69) is 17.1 Å². The lowest BCUT2D eigenvalue weighted by atomic mass is 9.91. The lowest BCUT2D eigenvalue weighted by molar-refractivity contribution is 0.0970. The number of carbonyl (C=O) groups is 2. The molecule has 2 N–H and O–H groups in total. The van der Waals surface area contributed by atoms with Crippen LogP contribution in [0.2, 0.25) is 0 Å². The van der Waals surface area contributed by atoms with E-state index in [0.717, 1.165) is 32.0 Å². The number of unbranched alkanes of at least 4 members (excludes halogenated alkanes) is 1. The van der Waals surface area contributed by atoms with E-state index in [1.165, 1.54) is 32.1 Å². The van der Waals surface area contributed by atoms with Gasteiger partial charge in [0.2, 0.25) is 0 Å². The van der Waals surface area contributed by atoms with E-state index in [-0.39, 0.29) is 5.78 Å². The van der Waals surface area contributed by atoms with Crippen LogP contribution in [-0.2, 0) is 0 Å². The maximum atomic E-state index is 12.4. The number of amides is 1. The van der Waals surface area contributed by atoms with Crippen LogP contribution in [0.25, 0.3) is 0 Å². The van der Waals surface area contributed by atoms with Crippen LogP contribution in [0, 0.1) is 5.92 Å². The van der Waals surface area contributed by atoms with E-state index >= 15 is 0 Å². The summed E-state index contributed by atoms with van der Waals surface area (Å²) in [6.07, 6.45) is 6.65. The normalized spacial score (nSPS) is 15.9. The first-order chi connectivity index (χ1) is 12.1. The van der Waals surface area contributed by atoms with Gasteiger partial charge in [0.25, 0.3) is 0 Å². The molecule has 0 atom stereocenters. The Balaban J connectivity index is 1.74.